The van der Waals surface area contributed by atoms with E-state index in [0.29, 0.717) is 13.2 Å². The molecule has 0 aromatic heterocycles. The van der Waals surface area contributed by atoms with Gasteiger partial charge in [-0.3, -0.25) is 0 Å². The molecule has 1 saturated heterocycles. The van der Waals surface area contributed by atoms with Crippen molar-refractivity contribution in [1.29, 1.82) is 0 Å². The van der Waals surface area contributed by atoms with Crippen molar-refractivity contribution < 1.29 is 19.0 Å². The van der Waals surface area contributed by atoms with Crippen LogP contribution >= 0.6 is 0 Å². The first-order valence-electron chi connectivity index (χ1n) is 5.54. The molecule has 2 rings (SSSR count). The van der Waals surface area contributed by atoms with Gasteiger partial charge >= 0.3 is 5.97 Å². The molecule has 1 atom stereocenters. The van der Waals surface area contributed by atoms with Gasteiger partial charge in [-0.05, 0) is 25.0 Å². The number of aromatic carboxylic acids is 1. The van der Waals surface area contributed by atoms with Crippen LogP contribution in [0.3, 0.4) is 0 Å². The fraction of sp³-hybridized carbons (Fsp3) is 0.417. The lowest BCUT2D eigenvalue weighted by Gasteiger charge is -2.25. The molecule has 1 aliphatic heterocycles. The Labute approximate surface area is 98.4 Å². The summed E-state index contributed by atoms with van der Waals surface area (Å²) in [6, 6.07) is 4.00. The number of anilines is 1. The lowest BCUT2D eigenvalue weighted by atomic mass is 10.1. The zero-order chi connectivity index (χ0) is 12.3. The smallest absolute Gasteiger partial charge is 0.337 e. The molecule has 5 heteroatoms. The lowest BCUT2D eigenvalue weighted by Crippen LogP contribution is -2.31. The summed E-state index contributed by atoms with van der Waals surface area (Å²) in [5.41, 5.74) is 0.00562. The highest BCUT2D eigenvalue weighted by atomic mass is 19.1. The third-order valence-electron chi connectivity index (χ3n) is 2.75. The molecule has 1 aromatic carbocycles. The van der Waals surface area contributed by atoms with E-state index in [9.17, 15) is 9.18 Å². The molecular formula is C12H14FNO3. The summed E-state index contributed by atoms with van der Waals surface area (Å²) in [4.78, 5) is 11.0. The van der Waals surface area contributed by atoms with Gasteiger partial charge in [0.15, 0.2) is 0 Å². The Bertz CT molecular complexity index is 416. The fourth-order valence-corrected chi connectivity index (χ4v) is 1.91. The van der Waals surface area contributed by atoms with E-state index >= 15 is 0 Å². The van der Waals surface area contributed by atoms with Crippen LogP contribution in [-0.4, -0.2) is 30.3 Å². The van der Waals surface area contributed by atoms with E-state index in [0.717, 1.165) is 12.8 Å². The zero-order valence-corrected chi connectivity index (χ0v) is 9.28. The molecule has 0 radical (unpaired) electrons. The Morgan fingerprint density at radius 2 is 2.35 bits per heavy atom. The van der Waals surface area contributed by atoms with E-state index in [1.165, 1.54) is 18.2 Å². The van der Waals surface area contributed by atoms with Gasteiger partial charge in [0.1, 0.15) is 5.82 Å². The third-order valence-corrected chi connectivity index (χ3v) is 2.75. The number of carbonyl (C=O) groups is 1. The summed E-state index contributed by atoms with van der Waals surface area (Å²) in [6.07, 6.45) is 1.75. The first kappa shape index (κ1) is 11.9. The van der Waals surface area contributed by atoms with Crippen LogP contribution in [-0.2, 0) is 4.74 Å². The Morgan fingerprint density at radius 1 is 1.53 bits per heavy atom. The highest BCUT2D eigenvalue weighted by molar-refractivity contribution is 5.94. The van der Waals surface area contributed by atoms with E-state index < -0.39 is 11.8 Å². The van der Waals surface area contributed by atoms with Crippen LogP contribution in [0.15, 0.2) is 18.2 Å². The summed E-state index contributed by atoms with van der Waals surface area (Å²) in [7, 11) is 0. The van der Waals surface area contributed by atoms with E-state index in [1.807, 2.05) is 0 Å². The van der Waals surface area contributed by atoms with Gasteiger partial charge < -0.3 is 15.2 Å². The molecule has 0 saturated carbocycles. The van der Waals surface area contributed by atoms with Crippen molar-refractivity contribution in [3.05, 3.63) is 29.6 Å². The molecule has 1 heterocycles. The van der Waals surface area contributed by atoms with Crippen LogP contribution in [0.5, 0.6) is 0 Å². The number of rotatable bonds is 3. The first-order valence-corrected chi connectivity index (χ1v) is 5.54. The van der Waals surface area contributed by atoms with E-state index in [2.05, 4.69) is 5.32 Å². The van der Waals surface area contributed by atoms with Gasteiger partial charge in [0.2, 0.25) is 0 Å². The number of hydrogen-bond donors (Lipinski definition) is 2. The highest BCUT2D eigenvalue weighted by Gasteiger charge is 2.19. The average Bonchev–Trinajstić information content (AvgIpc) is 2.33. The number of carboxylic acid groups (broad SMARTS) is 1. The molecular weight excluding hydrogens is 225 g/mol. The van der Waals surface area contributed by atoms with Crippen LogP contribution in [0, 0.1) is 5.82 Å². The second-order valence-electron chi connectivity index (χ2n) is 4.03. The minimum atomic E-state index is -1.14. The molecule has 17 heavy (non-hydrogen) atoms. The van der Waals surface area contributed by atoms with Crippen molar-refractivity contribution >= 4 is 11.7 Å². The van der Waals surface area contributed by atoms with Crippen LogP contribution in [0.25, 0.3) is 0 Å². The van der Waals surface area contributed by atoms with Crippen molar-refractivity contribution in [2.45, 2.75) is 18.9 Å². The molecule has 1 aromatic rings. The average molecular weight is 239 g/mol. The molecule has 92 valence electrons. The van der Waals surface area contributed by atoms with Gasteiger partial charge in [-0.1, -0.05) is 6.07 Å². The Hall–Kier alpha value is -1.62. The van der Waals surface area contributed by atoms with Crippen molar-refractivity contribution in [3.63, 3.8) is 0 Å². The van der Waals surface area contributed by atoms with Crippen LogP contribution in [0.1, 0.15) is 23.2 Å². The zero-order valence-electron chi connectivity index (χ0n) is 9.28. The molecule has 1 fully saturated rings. The quantitative estimate of drug-likeness (QED) is 0.848. The number of carboxylic acids is 1. The predicted molar refractivity (Wildman–Crippen MR) is 60.8 cm³/mol. The summed E-state index contributed by atoms with van der Waals surface area (Å²) in [5.74, 6) is -1.68. The largest absolute Gasteiger partial charge is 0.478 e. The monoisotopic (exact) mass is 239 g/mol. The standard InChI is InChI=1S/C12H14FNO3/c13-10-5-1-4-9(12(15)16)11(10)14-8-3-2-6-17-7-8/h1,4-5,8,14H,2-3,6-7H2,(H,15,16). The minimum absolute atomic E-state index is 0.0289. The SMILES string of the molecule is O=C(O)c1cccc(F)c1NC1CCCOC1. The predicted octanol–water partition coefficient (Wildman–Crippen LogP) is 2.11. The maximum Gasteiger partial charge on any atom is 0.337 e. The highest BCUT2D eigenvalue weighted by Crippen LogP contribution is 2.22. The fourth-order valence-electron chi connectivity index (χ4n) is 1.91. The van der Waals surface area contributed by atoms with Crippen LogP contribution in [0.2, 0.25) is 0 Å². The topological polar surface area (TPSA) is 58.6 Å². The second kappa shape index (κ2) is 5.14. The Kier molecular flexibility index (Phi) is 3.58. The van der Waals surface area contributed by atoms with Gasteiger partial charge in [-0.15, -0.1) is 0 Å². The molecule has 4 nitrogen and oxygen atoms in total. The van der Waals surface area contributed by atoms with Gasteiger partial charge in [0.05, 0.1) is 17.9 Å². The number of hydrogen-bond acceptors (Lipinski definition) is 3. The molecule has 0 aliphatic carbocycles. The summed E-state index contributed by atoms with van der Waals surface area (Å²) in [5, 5.41) is 11.9. The molecule has 2 N–H and O–H groups in total. The van der Waals surface area contributed by atoms with Crippen molar-refractivity contribution in [2.24, 2.45) is 0 Å². The van der Waals surface area contributed by atoms with Crippen molar-refractivity contribution in [3.8, 4) is 0 Å². The number of halogens is 1. The van der Waals surface area contributed by atoms with Gasteiger partial charge in [0.25, 0.3) is 0 Å². The van der Waals surface area contributed by atoms with Crippen LogP contribution in [0.4, 0.5) is 10.1 Å². The Morgan fingerprint density at radius 3 is 3.00 bits per heavy atom. The Balaban J connectivity index is 2.21. The third kappa shape index (κ3) is 2.74. The maximum atomic E-state index is 13.6. The van der Waals surface area contributed by atoms with E-state index in [1.54, 1.807) is 0 Å². The molecule has 0 spiro atoms. The lowest BCUT2D eigenvalue weighted by molar-refractivity contribution is 0.0696. The summed E-state index contributed by atoms with van der Waals surface area (Å²) >= 11 is 0. The van der Waals surface area contributed by atoms with Gasteiger partial charge in [0, 0.05) is 12.6 Å². The number of ether oxygens (including phenoxy) is 1. The maximum absolute atomic E-state index is 13.6. The number of para-hydroxylation sites is 1. The second-order valence-corrected chi connectivity index (χ2v) is 4.03. The number of nitrogens with one attached hydrogen (secondary N) is 1. The first-order chi connectivity index (χ1) is 8.18. The van der Waals surface area contributed by atoms with E-state index in [4.69, 9.17) is 9.84 Å². The minimum Gasteiger partial charge on any atom is -0.478 e. The molecule has 1 unspecified atom stereocenters. The summed E-state index contributed by atoms with van der Waals surface area (Å²) < 4.78 is 18.9. The molecule has 0 bridgehead atoms. The van der Waals surface area contributed by atoms with Gasteiger partial charge in [-0.25, -0.2) is 9.18 Å². The summed E-state index contributed by atoms with van der Waals surface area (Å²) in [6.45, 7) is 1.19. The van der Waals surface area contributed by atoms with E-state index in [-0.39, 0.29) is 17.3 Å². The van der Waals surface area contributed by atoms with Crippen molar-refractivity contribution in [2.75, 3.05) is 18.5 Å². The molecule has 0 amide bonds. The molecule has 1 aliphatic rings. The normalized spacial score (nSPS) is 19.9. The number of benzene rings is 1. The van der Waals surface area contributed by atoms with Gasteiger partial charge in [-0.2, -0.15) is 0 Å². The van der Waals surface area contributed by atoms with Crippen molar-refractivity contribution in [1.82, 2.24) is 0 Å². The van der Waals surface area contributed by atoms with Crippen LogP contribution < -0.4 is 5.32 Å².